The summed E-state index contributed by atoms with van der Waals surface area (Å²) in [5.74, 6) is -1.07. The molecule has 104 valence electrons. The fraction of sp³-hybridized carbons (Fsp3) is 0.214. The molecule has 0 unspecified atom stereocenters. The van der Waals surface area contributed by atoms with E-state index in [9.17, 15) is 9.59 Å². The summed E-state index contributed by atoms with van der Waals surface area (Å²) in [7, 11) is 0. The first-order valence-electron chi connectivity index (χ1n) is 6.11. The van der Waals surface area contributed by atoms with Gasteiger partial charge in [0.2, 0.25) is 0 Å². The van der Waals surface area contributed by atoms with Crippen LogP contribution in [0, 0.1) is 0 Å². The molecule has 0 fully saturated rings. The van der Waals surface area contributed by atoms with Crippen LogP contribution in [0.15, 0.2) is 41.2 Å². The highest BCUT2D eigenvalue weighted by Crippen LogP contribution is 2.19. The van der Waals surface area contributed by atoms with Crippen molar-refractivity contribution in [3.8, 4) is 11.3 Å². The van der Waals surface area contributed by atoms with Crippen molar-refractivity contribution in [2.24, 2.45) is 0 Å². The summed E-state index contributed by atoms with van der Waals surface area (Å²) < 4.78 is 1.01. The number of carboxylic acid groups (broad SMARTS) is 1. The minimum atomic E-state index is -1.07. The molecular weight excluding hydrogens is 280 g/mol. The number of rotatable bonds is 4. The van der Waals surface area contributed by atoms with Gasteiger partial charge < -0.3 is 5.11 Å². The van der Waals surface area contributed by atoms with E-state index in [1.165, 1.54) is 6.07 Å². The van der Waals surface area contributed by atoms with Gasteiger partial charge in [0.05, 0.1) is 5.69 Å². The minimum Gasteiger partial charge on any atom is -0.480 e. The average molecular weight is 293 g/mol. The summed E-state index contributed by atoms with van der Waals surface area (Å²) in [6.07, 6.45) is 0.284. The van der Waals surface area contributed by atoms with Crippen LogP contribution in [0.4, 0.5) is 0 Å². The zero-order valence-corrected chi connectivity index (χ0v) is 11.5. The summed E-state index contributed by atoms with van der Waals surface area (Å²) in [6, 6.07) is 8.88. The average Bonchev–Trinajstić information content (AvgIpc) is 2.42. The van der Waals surface area contributed by atoms with E-state index >= 15 is 0 Å². The fourth-order valence-electron chi connectivity index (χ4n) is 1.88. The van der Waals surface area contributed by atoms with Crippen LogP contribution in [-0.2, 0) is 4.79 Å². The largest absolute Gasteiger partial charge is 0.480 e. The number of halogens is 1. The first-order chi connectivity index (χ1) is 9.52. The van der Waals surface area contributed by atoms with Gasteiger partial charge in [0, 0.05) is 16.7 Å². The van der Waals surface area contributed by atoms with Crippen LogP contribution in [-0.4, -0.2) is 20.9 Å². The molecule has 2 aromatic rings. The van der Waals surface area contributed by atoms with E-state index < -0.39 is 17.6 Å². The predicted molar refractivity (Wildman–Crippen MR) is 75.9 cm³/mol. The Labute approximate surface area is 120 Å². The third-order valence-electron chi connectivity index (χ3n) is 2.93. The summed E-state index contributed by atoms with van der Waals surface area (Å²) in [5.41, 5.74) is 0.862. The van der Waals surface area contributed by atoms with Gasteiger partial charge in [-0.05, 0) is 24.6 Å². The van der Waals surface area contributed by atoms with E-state index in [4.69, 9.17) is 16.7 Å². The normalized spacial score (nSPS) is 12.1. The van der Waals surface area contributed by atoms with Gasteiger partial charge >= 0.3 is 5.97 Å². The summed E-state index contributed by atoms with van der Waals surface area (Å²) in [5, 5.41) is 13.9. The highest BCUT2D eigenvalue weighted by Gasteiger charge is 2.20. The molecule has 0 spiro atoms. The molecule has 0 aliphatic heterocycles. The summed E-state index contributed by atoms with van der Waals surface area (Å²) in [4.78, 5) is 22.9. The van der Waals surface area contributed by atoms with Crippen molar-refractivity contribution in [3.63, 3.8) is 0 Å². The van der Waals surface area contributed by atoms with Crippen LogP contribution < -0.4 is 5.56 Å². The molecule has 5 nitrogen and oxygen atoms in total. The lowest BCUT2D eigenvalue weighted by Crippen LogP contribution is -2.31. The Balaban J connectivity index is 2.50. The van der Waals surface area contributed by atoms with Crippen molar-refractivity contribution in [2.45, 2.75) is 19.4 Å². The second-order valence-electron chi connectivity index (χ2n) is 4.27. The van der Waals surface area contributed by atoms with E-state index in [0.29, 0.717) is 10.7 Å². The molecule has 0 radical (unpaired) electrons. The van der Waals surface area contributed by atoms with E-state index in [1.807, 2.05) is 0 Å². The zero-order valence-electron chi connectivity index (χ0n) is 10.8. The Morgan fingerprint density at radius 1 is 1.30 bits per heavy atom. The molecule has 0 bridgehead atoms. The highest BCUT2D eigenvalue weighted by molar-refractivity contribution is 6.30. The van der Waals surface area contributed by atoms with Gasteiger partial charge in [0.1, 0.15) is 0 Å². The van der Waals surface area contributed by atoms with Crippen LogP contribution in [0.5, 0.6) is 0 Å². The summed E-state index contributed by atoms with van der Waals surface area (Å²) >= 11 is 5.82. The SMILES string of the molecule is CC[C@H](C(=O)O)n1nc(-c2ccc(Cl)cc2)ccc1=O. The molecule has 0 saturated carbocycles. The van der Waals surface area contributed by atoms with Crippen LogP contribution in [0.2, 0.25) is 5.02 Å². The Morgan fingerprint density at radius 2 is 1.95 bits per heavy atom. The third-order valence-corrected chi connectivity index (χ3v) is 3.18. The quantitative estimate of drug-likeness (QED) is 0.940. The monoisotopic (exact) mass is 292 g/mol. The molecule has 2 rings (SSSR count). The van der Waals surface area contributed by atoms with Gasteiger partial charge in [0.25, 0.3) is 5.56 Å². The van der Waals surface area contributed by atoms with Gasteiger partial charge in [-0.1, -0.05) is 30.7 Å². The Hall–Kier alpha value is -2.14. The van der Waals surface area contributed by atoms with Crippen LogP contribution in [0.3, 0.4) is 0 Å². The second kappa shape index (κ2) is 5.88. The lowest BCUT2D eigenvalue weighted by atomic mass is 10.1. The van der Waals surface area contributed by atoms with Crippen molar-refractivity contribution in [3.05, 3.63) is 51.8 Å². The van der Waals surface area contributed by atoms with Crippen molar-refractivity contribution in [1.82, 2.24) is 9.78 Å². The molecular formula is C14H13ClN2O3. The van der Waals surface area contributed by atoms with Crippen molar-refractivity contribution < 1.29 is 9.90 Å². The number of carboxylic acids is 1. The Bertz CT molecular complexity index is 680. The van der Waals surface area contributed by atoms with Gasteiger partial charge in [-0.15, -0.1) is 0 Å². The molecule has 1 aromatic carbocycles. The minimum absolute atomic E-state index is 0.284. The van der Waals surface area contributed by atoms with Crippen molar-refractivity contribution >= 4 is 17.6 Å². The highest BCUT2D eigenvalue weighted by atomic mass is 35.5. The van der Waals surface area contributed by atoms with Gasteiger partial charge in [-0.25, -0.2) is 9.48 Å². The lowest BCUT2D eigenvalue weighted by Gasteiger charge is -2.13. The number of aliphatic carboxylic acids is 1. The maximum absolute atomic E-state index is 11.8. The number of hydrogen-bond donors (Lipinski definition) is 1. The number of benzene rings is 1. The molecule has 1 heterocycles. The van der Waals surface area contributed by atoms with Gasteiger partial charge in [-0.3, -0.25) is 4.79 Å². The molecule has 0 saturated heterocycles. The number of aromatic nitrogens is 2. The van der Waals surface area contributed by atoms with Gasteiger partial charge in [0.15, 0.2) is 6.04 Å². The predicted octanol–water partition coefficient (Wildman–Crippen LogP) is 2.60. The molecule has 1 aromatic heterocycles. The van der Waals surface area contributed by atoms with E-state index in [-0.39, 0.29) is 6.42 Å². The molecule has 1 N–H and O–H groups in total. The fourth-order valence-corrected chi connectivity index (χ4v) is 2.00. The van der Waals surface area contributed by atoms with Crippen LogP contribution >= 0.6 is 11.6 Å². The number of carbonyl (C=O) groups is 1. The standard InChI is InChI=1S/C14H13ClN2O3/c1-2-12(14(19)20)17-13(18)8-7-11(16-17)9-3-5-10(15)6-4-9/h3-8,12H,2H2,1H3,(H,19,20)/t12-/m1/s1. The van der Waals surface area contributed by atoms with Gasteiger partial charge in [-0.2, -0.15) is 5.10 Å². The Kier molecular flexibility index (Phi) is 4.20. The maximum atomic E-state index is 11.8. The topological polar surface area (TPSA) is 72.2 Å². The first kappa shape index (κ1) is 14.3. The molecule has 20 heavy (non-hydrogen) atoms. The van der Waals surface area contributed by atoms with E-state index in [1.54, 1.807) is 37.3 Å². The lowest BCUT2D eigenvalue weighted by molar-refractivity contribution is -0.141. The molecule has 0 amide bonds. The number of hydrogen-bond acceptors (Lipinski definition) is 3. The first-order valence-corrected chi connectivity index (χ1v) is 6.49. The molecule has 0 aliphatic rings. The van der Waals surface area contributed by atoms with Crippen molar-refractivity contribution in [1.29, 1.82) is 0 Å². The summed E-state index contributed by atoms with van der Waals surface area (Å²) in [6.45, 7) is 1.70. The second-order valence-corrected chi connectivity index (χ2v) is 4.71. The van der Waals surface area contributed by atoms with Crippen molar-refractivity contribution in [2.75, 3.05) is 0 Å². The smallest absolute Gasteiger partial charge is 0.328 e. The molecule has 6 heteroatoms. The molecule has 1 atom stereocenters. The van der Waals surface area contributed by atoms with E-state index in [2.05, 4.69) is 5.10 Å². The molecule has 0 aliphatic carbocycles. The Morgan fingerprint density at radius 3 is 2.50 bits per heavy atom. The number of nitrogens with zero attached hydrogens (tertiary/aromatic N) is 2. The van der Waals surface area contributed by atoms with Crippen LogP contribution in [0.25, 0.3) is 11.3 Å². The van der Waals surface area contributed by atoms with E-state index in [0.717, 1.165) is 10.2 Å². The van der Waals surface area contributed by atoms with Crippen LogP contribution in [0.1, 0.15) is 19.4 Å². The zero-order chi connectivity index (χ0) is 14.7. The maximum Gasteiger partial charge on any atom is 0.328 e. The third kappa shape index (κ3) is 2.88.